The maximum Gasteiger partial charge on any atom is 0.326 e. The highest BCUT2D eigenvalue weighted by atomic mass is 35.5. The number of carbonyl (C=O) groups excluding carboxylic acids is 1. The molecule has 0 spiro atoms. The van der Waals surface area contributed by atoms with Crippen LogP contribution in [0.4, 0.5) is 8.78 Å². The van der Waals surface area contributed by atoms with Gasteiger partial charge in [0.1, 0.15) is 29.5 Å². The summed E-state index contributed by atoms with van der Waals surface area (Å²) in [5.74, 6) is -2.05. The normalized spacial score (nSPS) is 22.6. The van der Waals surface area contributed by atoms with E-state index in [-0.39, 0.29) is 23.4 Å². The van der Waals surface area contributed by atoms with E-state index < -0.39 is 23.7 Å². The van der Waals surface area contributed by atoms with E-state index in [2.05, 4.69) is 4.90 Å². The summed E-state index contributed by atoms with van der Waals surface area (Å²) in [4.78, 5) is 28.1. The Labute approximate surface area is 213 Å². The fraction of sp³-hybridized carbons (Fsp3) is 0.481. The van der Waals surface area contributed by atoms with Crippen LogP contribution in [0, 0.1) is 11.6 Å². The summed E-state index contributed by atoms with van der Waals surface area (Å²) in [5, 5.41) is 9.82. The highest BCUT2D eigenvalue weighted by Gasteiger charge is 2.37. The molecule has 36 heavy (non-hydrogen) atoms. The van der Waals surface area contributed by atoms with Crippen LogP contribution in [0.2, 0.25) is 5.02 Å². The molecule has 0 bridgehead atoms. The fourth-order valence-corrected chi connectivity index (χ4v) is 5.52. The molecule has 1 amide bonds. The predicted octanol–water partition coefficient (Wildman–Crippen LogP) is 5.23. The van der Waals surface area contributed by atoms with E-state index in [0.717, 1.165) is 43.4 Å². The van der Waals surface area contributed by atoms with Crippen molar-refractivity contribution in [2.75, 3.05) is 19.6 Å². The molecule has 1 saturated carbocycles. The second kappa shape index (κ2) is 10.3. The molecule has 2 saturated heterocycles. The van der Waals surface area contributed by atoms with Gasteiger partial charge in [-0.25, -0.2) is 13.6 Å². The van der Waals surface area contributed by atoms with Crippen molar-refractivity contribution in [2.45, 2.75) is 63.1 Å². The smallest absolute Gasteiger partial charge is 0.326 e. The number of rotatable bonds is 7. The van der Waals surface area contributed by atoms with Crippen LogP contribution < -0.4 is 4.74 Å². The number of carbonyl (C=O) groups is 2. The van der Waals surface area contributed by atoms with Crippen molar-refractivity contribution in [1.82, 2.24) is 9.80 Å². The Morgan fingerprint density at radius 3 is 2.56 bits per heavy atom. The molecule has 2 aliphatic heterocycles. The second-order valence-electron chi connectivity index (χ2n) is 9.99. The molecule has 3 aliphatic rings. The van der Waals surface area contributed by atoms with Gasteiger partial charge >= 0.3 is 5.97 Å². The van der Waals surface area contributed by atoms with E-state index in [1.165, 1.54) is 23.1 Å². The van der Waals surface area contributed by atoms with Gasteiger partial charge in [0.15, 0.2) is 0 Å². The van der Waals surface area contributed by atoms with E-state index >= 15 is 4.39 Å². The molecule has 2 aromatic rings. The SMILES string of the molecule is O=C(O)[C@@H]1CCCN1C(=O)c1cc(C2CC2)c(O[C@H]2CCCN(Cc3ccc(F)cc3Cl)C2)cc1F. The van der Waals surface area contributed by atoms with Gasteiger partial charge in [-0.3, -0.25) is 9.69 Å². The number of carboxylic acids is 1. The van der Waals surface area contributed by atoms with Crippen LogP contribution in [0.15, 0.2) is 30.3 Å². The number of hydrogen-bond acceptors (Lipinski definition) is 4. The lowest BCUT2D eigenvalue weighted by Gasteiger charge is -2.33. The quantitative estimate of drug-likeness (QED) is 0.543. The van der Waals surface area contributed by atoms with Crippen LogP contribution in [0.1, 0.15) is 65.9 Å². The van der Waals surface area contributed by atoms with Gasteiger partial charge in [-0.2, -0.15) is 0 Å². The molecule has 6 nitrogen and oxygen atoms in total. The topological polar surface area (TPSA) is 70.1 Å². The third kappa shape index (κ3) is 5.34. The van der Waals surface area contributed by atoms with E-state index in [0.29, 0.717) is 43.2 Å². The Balaban J connectivity index is 1.32. The monoisotopic (exact) mass is 518 g/mol. The summed E-state index contributed by atoms with van der Waals surface area (Å²) >= 11 is 6.21. The molecule has 1 aliphatic carbocycles. The summed E-state index contributed by atoms with van der Waals surface area (Å²) < 4.78 is 34.9. The standard InChI is InChI=1S/C27H29ClF2N2O4/c28-22-11-18(29)8-7-17(22)14-31-9-1-3-19(15-31)36-25-13-23(30)21(12-20(25)16-5-6-16)26(33)32-10-2-4-24(32)27(34)35/h7-8,11-13,16,19,24H,1-6,9-10,14-15H2,(H,34,35)/t19-,24-/m0/s1. The van der Waals surface area contributed by atoms with Gasteiger partial charge in [-0.1, -0.05) is 17.7 Å². The minimum absolute atomic E-state index is 0.0892. The summed E-state index contributed by atoms with van der Waals surface area (Å²) in [5.41, 5.74) is 1.56. The van der Waals surface area contributed by atoms with E-state index in [1.807, 2.05) is 0 Å². The Morgan fingerprint density at radius 2 is 1.83 bits per heavy atom. The van der Waals surface area contributed by atoms with Crippen molar-refractivity contribution in [3.63, 3.8) is 0 Å². The summed E-state index contributed by atoms with van der Waals surface area (Å²) in [6.45, 7) is 2.35. The zero-order chi connectivity index (χ0) is 25.4. The highest BCUT2D eigenvalue weighted by Crippen LogP contribution is 2.46. The molecule has 5 rings (SSSR count). The van der Waals surface area contributed by atoms with E-state index in [4.69, 9.17) is 16.3 Å². The lowest BCUT2D eigenvalue weighted by atomic mass is 10.0. The van der Waals surface area contributed by atoms with Gasteiger partial charge < -0.3 is 14.7 Å². The van der Waals surface area contributed by atoms with Gasteiger partial charge in [-0.15, -0.1) is 0 Å². The van der Waals surface area contributed by atoms with Crippen molar-refractivity contribution in [3.8, 4) is 5.75 Å². The third-order valence-corrected chi connectivity index (χ3v) is 7.66. The number of aliphatic carboxylic acids is 1. The lowest BCUT2D eigenvalue weighted by Crippen LogP contribution is -2.41. The molecule has 1 N–H and O–H groups in total. The average Bonchev–Trinajstić information content (AvgIpc) is 3.55. The first-order chi connectivity index (χ1) is 17.3. The number of ether oxygens (including phenoxy) is 1. The first-order valence-corrected chi connectivity index (χ1v) is 12.9. The zero-order valence-electron chi connectivity index (χ0n) is 19.9. The average molecular weight is 519 g/mol. The molecule has 0 radical (unpaired) electrons. The largest absolute Gasteiger partial charge is 0.489 e. The summed E-state index contributed by atoms with van der Waals surface area (Å²) in [6, 6.07) is 6.34. The molecule has 2 atom stereocenters. The van der Waals surface area contributed by atoms with Crippen molar-refractivity contribution in [3.05, 3.63) is 63.7 Å². The van der Waals surface area contributed by atoms with Gasteiger partial charge in [0.05, 0.1) is 5.56 Å². The van der Waals surface area contributed by atoms with Gasteiger partial charge in [0.2, 0.25) is 0 Å². The second-order valence-corrected chi connectivity index (χ2v) is 10.4. The molecule has 9 heteroatoms. The summed E-state index contributed by atoms with van der Waals surface area (Å²) in [6.07, 6.45) is 4.39. The molecule has 192 valence electrons. The van der Waals surface area contributed by atoms with Crippen LogP contribution in [0.3, 0.4) is 0 Å². The Morgan fingerprint density at radius 1 is 1.06 bits per heavy atom. The number of halogens is 3. The van der Waals surface area contributed by atoms with Gasteiger partial charge in [-0.05, 0) is 80.3 Å². The number of carboxylic acid groups (broad SMARTS) is 1. The highest BCUT2D eigenvalue weighted by molar-refractivity contribution is 6.31. The van der Waals surface area contributed by atoms with Crippen molar-refractivity contribution in [1.29, 1.82) is 0 Å². The Hall–Kier alpha value is -2.71. The van der Waals surface area contributed by atoms with Crippen molar-refractivity contribution < 1.29 is 28.2 Å². The summed E-state index contributed by atoms with van der Waals surface area (Å²) in [7, 11) is 0. The van der Waals surface area contributed by atoms with Gasteiger partial charge in [0.25, 0.3) is 5.91 Å². The number of likely N-dealkylation sites (tertiary alicyclic amines) is 2. The lowest BCUT2D eigenvalue weighted by molar-refractivity contribution is -0.141. The maximum absolute atomic E-state index is 15.2. The molecule has 2 aromatic carbocycles. The predicted molar refractivity (Wildman–Crippen MR) is 130 cm³/mol. The van der Waals surface area contributed by atoms with Gasteiger partial charge in [0, 0.05) is 30.7 Å². The molecular weight excluding hydrogens is 490 g/mol. The first-order valence-electron chi connectivity index (χ1n) is 12.5. The molecule has 2 heterocycles. The molecular formula is C27H29ClF2N2O4. The van der Waals surface area contributed by atoms with Crippen LogP contribution in [0.5, 0.6) is 5.75 Å². The zero-order valence-corrected chi connectivity index (χ0v) is 20.6. The molecule has 0 aromatic heterocycles. The van der Waals surface area contributed by atoms with Crippen molar-refractivity contribution in [2.24, 2.45) is 0 Å². The maximum atomic E-state index is 15.2. The van der Waals surface area contributed by atoms with Crippen LogP contribution in [-0.2, 0) is 11.3 Å². The minimum Gasteiger partial charge on any atom is -0.489 e. The Bertz CT molecular complexity index is 1170. The third-order valence-electron chi connectivity index (χ3n) is 7.31. The fourth-order valence-electron chi connectivity index (χ4n) is 5.30. The molecule has 3 fully saturated rings. The van der Waals surface area contributed by atoms with E-state index in [9.17, 15) is 19.1 Å². The number of piperidine rings is 1. The number of benzene rings is 2. The number of amides is 1. The minimum atomic E-state index is -1.06. The van der Waals surface area contributed by atoms with Crippen LogP contribution in [0.25, 0.3) is 0 Å². The first kappa shape index (κ1) is 25.0. The number of nitrogens with zero attached hydrogens (tertiary/aromatic N) is 2. The van der Waals surface area contributed by atoms with E-state index in [1.54, 1.807) is 12.1 Å². The Kier molecular flexibility index (Phi) is 7.17. The van der Waals surface area contributed by atoms with Crippen LogP contribution >= 0.6 is 11.6 Å². The number of hydrogen-bond donors (Lipinski definition) is 1. The van der Waals surface area contributed by atoms with Crippen LogP contribution in [-0.4, -0.2) is 58.6 Å². The van der Waals surface area contributed by atoms with Crippen molar-refractivity contribution >= 4 is 23.5 Å². The molecule has 0 unspecified atom stereocenters.